The lowest BCUT2D eigenvalue weighted by Crippen LogP contribution is -2.43. The van der Waals surface area contributed by atoms with Gasteiger partial charge in [0.25, 0.3) is 0 Å². The van der Waals surface area contributed by atoms with Crippen molar-refractivity contribution in [1.82, 2.24) is 5.01 Å². The summed E-state index contributed by atoms with van der Waals surface area (Å²) in [5, 5.41) is 6.14. The van der Waals surface area contributed by atoms with Gasteiger partial charge in [-0.25, -0.2) is 5.01 Å². The second-order valence-corrected chi connectivity index (χ2v) is 6.10. The van der Waals surface area contributed by atoms with Crippen LogP contribution in [0.5, 0.6) is 0 Å². The highest BCUT2D eigenvalue weighted by Crippen LogP contribution is 2.40. The molecule has 1 aliphatic carbocycles. The first kappa shape index (κ1) is 13.3. The zero-order valence-electron chi connectivity index (χ0n) is 12.1. The summed E-state index contributed by atoms with van der Waals surface area (Å²) in [6.45, 7) is 10.4. The minimum Gasteiger partial charge on any atom is -0.273 e. The molecule has 0 unspecified atom stereocenters. The standard InChI is InChI=1S/C15H24N2O/c1-9-6-10(2)15(11(3)7-9)14-8-12(4)16-17(14)13(5)18/h6,10-11,14-15H,7-8H2,1-5H3/t10-,11-,14+,15+/m0/s1. The fourth-order valence-electron chi connectivity index (χ4n) is 3.81. The van der Waals surface area contributed by atoms with E-state index in [2.05, 4.69) is 31.9 Å². The third-order valence-corrected chi connectivity index (χ3v) is 4.32. The Hall–Kier alpha value is -1.12. The molecule has 3 nitrogen and oxygen atoms in total. The molecular formula is C15H24N2O. The fourth-order valence-corrected chi connectivity index (χ4v) is 3.81. The zero-order chi connectivity index (χ0) is 13.4. The van der Waals surface area contributed by atoms with Crippen LogP contribution in [0.15, 0.2) is 16.8 Å². The average molecular weight is 248 g/mol. The van der Waals surface area contributed by atoms with Gasteiger partial charge in [-0.2, -0.15) is 5.10 Å². The first-order valence-corrected chi connectivity index (χ1v) is 6.91. The molecule has 0 fully saturated rings. The van der Waals surface area contributed by atoms with Crippen LogP contribution in [0.3, 0.4) is 0 Å². The number of hydrazone groups is 1. The van der Waals surface area contributed by atoms with Gasteiger partial charge in [-0.05, 0) is 38.0 Å². The Morgan fingerprint density at radius 3 is 2.56 bits per heavy atom. The lowest BCUT2D eigenvalue weighted by molar-refractivity contribution is -0.132. The van der Waals surface area contributed by atoms with E-state index in [0.29, 0.717) is 17.8 Å². The van der Waals surface area contributed by atoms with Crippen LogP contribution in [0.2, 0.25) is 0 Å². The molecule has 0 aromatic carbocycles. The molecule has 1 heterocycles. The number of carbonyl (C=O) groups is 1. The largest absolute Gasteiger partial charge is 0.273 e. The molecule has 0 saturated heterocycles. The molecule has 2 rings (SSSR count). The monoisotopic (exact) mass is 248 g/mol. The average Bonchev–Trinajstić information content (AvgIpc) is 2.58. The van der Waals surface area contributed by atoms with E-state index >= 15 is 0 Å². The Bertz CT molecular complexity index is 411. The van der Waals surface area contributed by atoms with Crippen molar-refractivity contribution < 1.29 is 4.79 Å². The maximum atomic E-state index is 11.7. The summed E-state index contributed by atoms with van der Waals surface area (Å²) < 4.78 is 0. The highest BCUT2D eigenvalue weighted by molar-refractivity contribution is 5.87. The van der Waals surface area contributed by atoms with Crippen molar-refractivity contribution in [2.75, 3.05) is 0 Å². The van der Waals surface area contributed by atoms with E-state index < -0.39 is 0 Å². The molecular weight excluding hydrogens is 224 g/mol. The van der Waals surface area contributed by atoms with Crippen LogP contribution in [-0.4, -0.2) is 22.7 Å². The third kappa shape index (κ3) is 2.36. The van der Waals surface area contributed by atoms with E-state index in [1.807, 2.05) is 6.92 Å². The van der Waals surface area contributed by atoms with Crippen LogP contribution in [-0.2, 0) is 4.79 Å². The van der Waals surface area contributed by atoms with Crippen molar-refractivity contribution in [2.24, 2.45) is 22.9 Å². The minimum absolute atomic E-state index is 0.0718. The fraction of sp³-hybridized carbons (Fsp3) is 0.733. The van der Waals surface area contributed by atoms with Crippen LogP contribution in [0.1, 0.15) is 47.5 Å². The Morgan fingerprint density at radius 2 is 2.00 bits per heavy atom. The normalized spacial score (nSPS) is 36.4. The summed E-state index contributed by atoms with van der Waals surface area (Å²) in [5.74, 6) is 1.75. The van der Waals surface area contributed by atoms with E-state index in [-0.39, 0.29) is 11.9 Å². The lowest BCUT2D eigenvalue weighted by atomic mass is 9.70. The number of amides is 1. The summed E-state index contributed by atoms with van der Waals surface area (Å²) in [5.41, 5.74) is 2.57. The Kier molecular flexibility index (Phi) is 3.60. The smallest absolute Gasteiger partial charge is 0.239 e. The van der Waals surface area contributed by atoms with Gasteiger partial charge in [0.1, 0.15) is 0 Å². The predicted octanol–water partition coefficient (Wildman–Crippen LogP) is 3.22. The van der Waals surface area contributed by atoms with Crippen molar-refractivity contribution >= 4 is 11.6 Å². The van der Waals surface area contributed by atoms with Gasteiger partial charge < -0.3 is 0 Å². The topological polar surface area (TPSA) is 32.7 Å². The van der Waals surface area contributed by atoms with Crippen LogP contribution in [0.4, 0.5) is 0 Å². The Labute approximate surface area is 110 Å². The molecule has 18 heavy (non-hydrogen) atoms. The first-order valence-electron chi connectivity index (χ1n) is 6.91. The first-order chi connectivity index (χ1) is 8.40. The lowest BCUT2D eigenvalue weighted by Gasteiger charge is -2.39. The van der Waals surface area contributed by atoms with E-state index in [4.69, 9.17) is 0 Å². The van der Waals surface area contributed by atoms with Crippen molar-refractivity contribution in [3.63, 3.8) is 0 Å². The molecule has 0 aromatic rings. The van der Waals surface area contributed by atoms with E-state index in [9.17, 15) is 4.79 Å². The molecule has 0 spiro atoms. The highest BCUT2D eigenvalue weighted by atomic mass is 16.2. The van der Waals surface area contributed by atoms with E-state index in [1.54, 1.807) is 11.9 Å². The van der Waals surface area contributed by atoms with Crippen molar-refractivity contribution in [3.8, 4) is 0 Å². The van der Waals surface area contributed by atoms with E-state index in [1.165, 1.54) is 5.57 Å². The summed E-state index contributed by atoms with van der Waals surface area (Å²) in [7, 11) is 0. The van der Waals surface area contributed by atoms with Crippen LogP contribution in [0, 0.1) is 17.8 Å². The SMILES string of the molecule is CC(=O)N1N=C(C)C[C@@H]1[C@@H]1[C@@H](C)C=C(C)C[C@@H]1C. The highest BCUT2D eigenvalue weighted by Gasteiger charge is 2.40. The molecule has 1 amide bonds. The summed E-state index contributed by atoms with van der Waals surface area (Å²) >= 11 is 0. The van der Waals surface area contributed by atoms with Gasteiger partial charge in [0, 0.05) is 19.1 Å². The van der Waals surface area contributed by atoms with Crippen LogP contribution in [0.25, 0.3) is 0 Å². The second kappa shape index (κ2) is 4.87. The molecule has 3 heteroatoms. The number of hydrogen-bond donors (Lipinski definition) is 0. The molecule has 0 saturated carbocycles. The maximum absolute atomic E-state index is 11.7. The van der Waals surface area contributed by atoms with Crippen molar-refractivity contribution in [3.05, 3.63) is 11.6 Å². The molecule has 100 valence electrons. The second-order valence-electron chi connectivity index (χ2n) is 6.10. The number of allylic oxidation sites excluding steroid dienone is 2. The van der Waals surface area contributed by atoms with E-state index in [0.717, 1.165) is 18.6 Å². The van der Waals surface area contributed by atoms with Gasteiger partial charge in [0.05, 0.1) is 6.04 Å². The molecule has 4 atom stereocenters. The molecule has 0 aromatic heterocycles. The molecule has 0 N–H and O–H groups in total. The third-order valence-electron chi connectivity index (χ3n) is 4.32. The van der Waals surface area contributed by atoms with Crippen molar-refractivity contribution in [1.29, 1.82) is 0 Å². The zero-order valence-corrected chi connectivity index (χ0v) is 12.1. The van der Waals surface area contributed by atoms with Crippen LogP contribution < -0.4 is 0 Å². The maximum Gasteiger partial charge on any atom is 0.239 e. The van der Waals surface area contributed by atoms with Gasteiger partial charge in [0.15, 0.2) is 0 Å². The molecule has 1 aliphatic heterocycles. The number of carbonyl (C=O) groups excluding carboxylic acids is 1. The molecule has 0 radical (unpaired) electrons. The number of nitrogens with zero attached hydrogens (tertiary/aromatic N) is 2. The van der Waals surface area contributed by atoms with Crippen molar-refractivity contribution in [2.45, 2.75) is 53.5 Å². The molecule has 2 aliphatic rings. The minimum atomic E-state index is 0.0718. The van der Waals surface area contributed by atoms with Gasteiger partial charge in [-0.3, -0.25) is 4.79 Å². The quantitative estimate of drug-likeness (QED) is 0.656. The summed E-state index contributed by atoms with van der Waals surface area (Å²) in [6.07, 6.45) is 4.46. The Balaban J connectivity index is 2.24. The predicted molar refractivity (Wildman–Crippen MR) is 74.2 cm³/mol. The number of hydrogen-bond acceptors (Lipinski definition) is 2. The summed E-state index contributed by atoms with van der Waals surface area (Å²) in [4.78, 5) is 11.7. The van der Waals surface area contributed by atoms with Gasteiger partial charge in [0.2, 0.25) is 5.91 Å². The summed E-state index contributed by atoms with van der Waals surface area (Å²) in [6, 6.07) is 0.261. The van der Waals surface area contributed by atoms with Gasteiger partial charge >= 0.3 is 0 Å². The molecule has 0 bridgehead atoms. The number of rotatable bonds is 1. The van der Waals surface area contributed by atoms with Gasteiger partial charge in [-0.1, -0.05) is 25.5 Å². The van der Waals surface area contributed by atoms with Gasteiger partial charge in [-0.15, -0.1) is 0 Å². The van der Waals surface area contributed by atoms with Crippen LogP contribution >= 0.6 is 0 Å². The Morgan fingerprint density at radius 1 is 1.33 bits per heavy atom.